The molecule has 112 valence electrons. The number of nitrogens with zero attached hydrogens (tertiary/aromatic N) is 2. The van der Waals surface area contributed by atoms with Crippen LogP contribution >= 0.6 is 23.1 Å². The summed E-state index contributed by atoms with van der Waals surface area (Å²) in [5, 5.41) is 6.01. The van der Waals surface area contributed by atoms with Crippen molar-refractivity contribution in [3.63, 3.8) is 0 Å². The zero-order valence-electron chi connectivity index (χ0n) is 12.2. The van der Waals surface area contributed by atoms with Crippen molar-refractivity contribution in [2.45, 2.75) is 32.7 Å². The highest BCUT2D eigenvalue weighted by atomic mass is 32.2. The lowest BCUT2D eigenvalue weighted by Crippen LogP contribution is -2.29. The molecule has 0 saturated carbocycles. The molecule has 1 aromatic heterocycles. The van der Waals surface area contributed by atoms with Crippen molar-refractivity contribution in [2.75, 3.05) is 31.1 Å². The van der Waals surface area contributed by atoms with Gasteiger partial charge in [-0.05, 0) is 39.8 Å². The predicted molar refractivity (Wildman–Crippen MR) is 86.4 cm³/mol. The van der Waals surface area contributed by atoms with Crippen LogP contribution in [0.1, 0.15) is 36.5 Å². The Labute approximate surface area is 129 Å². The fourth-order valence-corrected chi connectivity index (χ4v) is 3.88. The van der Waals surface area contributed by atoms with E-state index in [0.29, 0.717) is 5.75 Å². The lowest BCUT2D eigenvalue weighted by atomic mass is 10.3. The number of aryl methyl sites for hydroxylation is 1. The minimum Gasteiger partial charge on any atom is -0.346 e. The van der Waals surface area contributed by atoms with Crippen LogP contribution in [0.25, 0.3) is 0 Å². The first-order chi connectivity index (χ1) is 9.65. The number of carbonyl (C=O) groups excluding carboxylic acids is 1. The molecule has 1 saturated heterocycles. The summed E-state index contributed by atoms with van der Waals surface area (Å²) in [7, 11) is 0. The molecule has 4 nitrogen and oxygen atoms in total. The third-order valence-electron chi connectivity index (χ3n) is 3.37. The van der Waals surface area contributed by atoms with Gasteiger partial charge in [0, 0.05) is 23.4 Å². The second-order valence-electron chi connectivity index (χ2n) is 5.22. The van der Waals surface area contributed by atoms with Gasteiger partial charge in [-0.25, -0.2) is 4.98 Å². The van der Waals surface area contributed by atoms with Crippen molar-refractivity contribution in [3.8, 4) is 0 Å². The standard InChI is InChI=1S/C14H23N3OS2/c1-11-9-20-14(15-11)12(2)16-13(18)10-19-8-7-17-5-3-4-6-17/h9,12H,3-8,10H2,1-2H3,(H,16,18)/t12-/m0/s1. The van der Waals surface area contributed by atoms with Crippen molar-refractivity contribution >= 4 is 29.0 Å². The van der Waals surface area contributed by atoms with Gasteiger partial charge in [0.25, 0.3) is 0 Å². The van der Waals surface area contributed by atoms with Gasteiger partial charge in [0.2, 0.25) is 5.91 Å². The van der Waals surface area contributed by atoms with E-state index in [2.05, 4.69) is 15.2 Å². The molecule has 0 spiro atoms. The van der Waals surface area contributed by atoms with E-state index in [1.165, 1.54) is 25.9 Å². The van der Waals surface area contributed by atoms with Gasteiger partial charge in [-0.2, -0.15) is 11.8 Å². The van der Waals surface area contributed by atoms with Gasteiger partial charge < -0.3 is 10.2 Å². The highest BCUT2D eigenvalue weighted by Crippen LogP contribution is 2.17. The normalized spacial score (nSPS) is 17.3. The number of amides is 1. The summed E-state index contributed by atoms with van der Waals surface area (Å²) in [6, 6.07) is 0.0142. The van der Waals surface area contributed by atoms with Crippen LogP contribution in [0.4, 0.5) is 0 Å². The van der Waals surface area contributed by atoms with Crippen LogP contribution in [0, 0.1) is 6.92 Å². The Bertz CT molecular complexity index is 430. The summed E-state index contributed by atoms with van der Waals surface area (Å²) < 4.78 is 0. The molecule has 0 aromatic carbocycles. The Morgan fingerprint density at radius 1 is 1.55 bits per heavy atom. The zero-order chi connectivity index (χ0) is 14.4. The second kappa shape index (κ2) is 8.00. The average molecular weight is 313 g/mol. The quantitative estimate of drug-likeness (QED) is 0.786. The van der Waals surface area contributed by atoms with Gasteiger partial charge >= 0.3 is 0 Å². The van der Waals surface area contributed by atoms with E-state index in [4.69, 9.17) is 0 Å². The van der Waals surface area contributed by atoms with Crippen molar-refractivity contribution in [2.24, 2.45) is 0 Å². The third-order valence-corrected chi connectivity index (χ3v) is 5.45. The highest BCUT2D eigenvalue weighted by molar-refractivity contribution is 7.99. The number of hydrogen-bond donors (Lipinski definition) is 1. The Morgan fingerprint density at radius 3 is 2.95 bits per heavy atom. The minimum absolute atomic E-state index is 0.0142. The topological polar surface area (TPSA) is 45.2 Å². The molecular weight excluding hydrogens is 290 g/mol. The molecule has 0 bridgehead atoms. The molecule has 0 radical (unpaired) electrons. The number of rotatable bonds is 7. The van der Waals surface area contributed by atoms with Crippen molar-refractivity contribution in [1.82, 2.24) is 15.2 Å². The van der Waals surface area contributed by atoms with Gasteiger partial charge in [-0.15, -0.1) is 11.3 Å². The molecule has 20 heavy (non-hydrogen) atoms. The lowest BCUT2D eigenvalue weighted by Gasteiger charge is -2.14. The van der Waals surface area contributed by atoms with E-state index in [9.17, 15) is 4.79 Å². The number of likely N-dealkylation sites (tertiary alicyclic amines) is 1. The molecule has 1 fully saturated rings. The largest absolute Gasteiger partial charge is 0.346 e. The van der Waals surface area contributed by atoms with Crippen LogP contribution < -0.4 is 5.32 Å². The van der Waals surface area contributed by atoms with Crippen LogP contribution in [0.5, 0.6) is 0 Å². The van der Waals surface area contributed by atoms with Crippen LogP contribution in [-0.2, 0) is 4.79 Å². The number of aromatic nitrogens is 1. The van der Waals surface area contributed by atoms with E-state index < -0.39 is 0 Å². The number of thiazole rings is 1. The Balaban J connectivity index is 1.60. The van der Waals surface area contributed by atoms with Gasteiger partial charge in [0.1, 0.15) is 5.01 Å². The summed E-state index contributed by atoms with van der Waals surface area (Å²) in [6.45, 7) is 7.54. The Kier molecular flexibility index (Phi) is 6.32. The molecule has 1 atom stereocenters. The van der Waals surface area contributed by atoms with Crippen LogP contribution in [-0.4, -0.2) is 46.9 Å². The zero-order valence-corrected chi connectivity index (χ0v) is 13.9. The Hall–Kier alpha value is -0.590. The molecule has 2 rings (SSSR count). The third kappa shape index (κ3) is 5.07. The van der Waals surface area contributed by atoms with Crippen molar-refractivity contribution in [3.05, 3.63) is 16.1 Å². The lowest BCUT2D eigenvalue weighted by molar-refractivity contribution is -0.119. The molecule has 2 heterocycles. The number of thioether (sulfide) groups is 1. The van der Waals surface area contributed by atoms with E-state index in [-0.39, 0.29) is 11.9 Å². The number of hydrogen-bond acceptors (Lipinski definition) is 5. The maximum absolute atomic E-state index is 11.9. The Morgan fingerprint density at radius 2 is 2.30 bits per heavy atom. The number of nitrogens with one attached hydrogen (secondary N) is 1. The van der Waals surface area contributed by atoms with Crippen molar-refractivity contribution in [1.29, 1.82) is 0 Å². The fourth-order valence-electron chi connectivity index (χ4n) is 2.28. The molecule has 6 heteroatoms. The molecule has 1 aromatic rings. The summed E-state index contributed by atoms with van der Waals surface area (Å²) in [5.74, 6) is 1.69. The van der Waals surface area contributed by atoms with Gasteiger partial charge in [-0.3, -0.25) is 4.79 Å². The first-order valence-corrected chi connectivity index (χ1v) is 9.20. The molecule has 1 aliphatic heterocycles. The molecule has 0 aliphatic carbocycles. The van der Waals surface area contributed by atoms with E-state index in [1.54, 1.807) is 23.1 Å². The van der Waals surface area contributed by atoms with E-state index in [1.807, 2.05) is 19.2 Å². The fraction of sp³-hybridized carbons (Fsp3) is 0.714. The smallest absolute Gasteiger partial charge is 0.230 e. The molecule has 1 amide bonds. The summed E-state index contributed by atoms with van der Waals surface area (Å²) in [6.07, 6.45) is 2.66. The van der Waals surface area contributed by atoms with Gasteiger partial charge in [0.05, 0.1) is 11.8 Å². The molecule has 1 N–H and O–H groups in total. The monoisotopic (exact) mass is 313 g/mol. The maximum Gasteiger partial charge on any atom is 0.230 e. The minimum atomic E-state index is 0.0142. The first kappa shape index (κ1) is 15.8. The second-order valence-corrected chi connectivity index (χ2v) is 7.21. The summed E-state index contributed by atoms with van der Waals surface area (Å²) in [5.41, 5.74) is 1.02. The number of carbonyl (C=O) groups is 1. The predicted octanol–water partition coefficient (Wildman–Crippen LogP) is 2.46. The molecule has 0 unspecified atom stereocenters. The van der Waals surface area contributed by atoms with Gasteiger partial charge in [0.15, 0.2) is 0 Å². The highest BCUT2D eigenvalue weighted by Gasteiger charge is 2.13. The molecule has 1 aliphatic rings. The maximum atomic E-state index is 11.9. The van der Waals surface area contributed by atoms with Crippen LogP contribution in [0.2, 0.25) is 0 Å². The van der Waals surface area contributed by atoms with Crippen molar-refractivity contribution < 1.29 is 4.79 Å². The van der Waals surface area contributed by atoms with Crippen LogP contribution in [0.15, 0.2) is 5.38 Å². The first-order valence-electron chi connectivity index (χ1n) is 7.16. The average Bonchev–Trinajstić information content (AvgIpc) is 3.06. The van der Waals surface area contributed by atoms with E-state index >= 15 is 0 Å². The summed E-state index contributed by atoms with van der Waals surface area (Å²) >= 11 is 3.33. The molecular formula is C14H23N3OS2. The SMILES string of the molecule is Cc1csc([C@H](C)NC(=O)CSCCN2CCCC2)n1. The summed E-state index contributed by atoms with van der Waals surface area (Å²) in [4.78, 5) is 18.7. The van der Waals surface area contributed by atoms with Gasteiger partial charge in [-0.1, -0.05) is 0 Å². The van der Waals surface area contributed by atoms with E-state index in [0.717, 1.165) is 23.0 Å². The van der Waals surface area contributed by atoms with Crippen LogP contribution in [0.3, 0.4) is 0 Å².